The number of amides is 4. The lowest BCUT2D eigenvalue weighted by Gasteiger charge is -2.26. The quantitative estimate of drug-likeness (QED) is 0.242. The number of non-ortho nitro benzene ring substituents is 1. The molecule has 4 rings (SSSR count). The normalized spacial score (nSPS) is 14.8. The zero-order chi connectivity index (χ0) is 24.2. The van der Waals surface area contributed by atoms with E-state index in [0.29, 0.717) is 27.8 Å². The number of carbonyl (C=O) groups excluding carboxylic acids is 3. The van der Waals surface area contributed by atoms with Gasteiger partial charge in [0.2, 0.25) is 0 Å². The van der Waals surface area contributed by atoms with Gasteiger partial charge in [0.15, 0.2) is 0 Å². The van der Waals surface area contributed by atoms with Crippen LogP contribution in [0.2, 0.25) is 5.02 Å². The fourth-order valence-electron chi connectivity index (χ4n) is 3.21. The highest BCUT2D eigenvalue weighted by Crippen LogP contribution is 2.26. The number of anilines is 1. The Morgan fingerprint density at radius 3 is 2.38 bits per heavy atom. The lowest BCUT2D eigenvalue weighted by molar-refractivity contribution is -0.384. The molecular formula is C24H16ClN3O6. The molecule has 1 saturated heterocycles. The molecule has 1 heterocycles. The number of hydrogen-bond acceptors (Lipinski definition) is 6. The lowest BCUT2D eigenvalue weighted by Crippen LogP contribution is -2.54. The van der Waals surface area contributed by atoms with Crippen LogP contribution in [-0.4, -0.2) is 22.8 Å². The van der Waals surface area contributed by atoms with E-state index in [1.165, 1.54) is 24.3 Å². The molecule has 0 unspecified atom stereocenters. The summed E-state index contributed by atoms with van der Waals surface area (Å²) in [5.74, 6) is -1.18. The predicted octanol–water partition coefficient (Wildman–Crippen LogP) is 4.49. The minimum atomic E-state index is -0.987. The van der Waals surface area contributed by atoms with Gasteiger partial charge < -0.3 is 4.74 Å². The van der Waals surface area contributed by atoms with Gasteiger partial charge >= 0.3 is 6.03 Å². The van der Waals surface area contributed by atoms with Crippen LogP contribution in [0.5, 0.6) is 5.75 Å². The van der Waals surface area contributed by atoms with E-state index < -0.39 is 22.8 Å². The summed E-state index contributed by atoms with van der Waals surface area (Å²) in [6.07, 6.45) is 1.33. The van der Waals surface area contributed by atoms with Crippen LogP contribution in [0, 0.1) is 10.1 Å². The fourth-order valence-corrected chi connectivity index (χ4v) is 3.34. The number of urea groups is 1. The molecule has 3 aromatic rings. The number of hydrogen-bond donors (Lipinski definition) is 1. The highest BCUT2D eigenvalue weighted by atomic mass is 35.5. The third-order valence-corrected chi connectivity index (χ3v) is 5.16. The van der Waals surface area contributed by atoms with E-state index in [2.05, 4.69) is 5.32 Å². The van der Waals surface area contributed by atoms with Crippen LogP contribution in [-0.2, 0) is 16.2 Å². The Morgan fingerprint density at radius 2 is 1.71 bits per heavy atom. The van der Waals surface area contributed by atoms with Crippen molar-refractivity contribution in [1.82, 2.24) is 5.32 Å². The minimum absolute atomic E-state index is 0.0268. The second kappa shape index (κ2) is 9.55. The molecule has 34 heavy (non-hydrogen) atoms. The predicted molar refractivity (Wildman–Crippen MR) is 124 cm³/mol. The maximum Gasteiger partial charge on any atom is 0.335 e. The third-order valence-electron chi connectivity index (χ3n) is 4.91. The Labute approximate surface area is 198 Å². The van der Waals surface area contributed by atoms with Crippen molar-refractivity contribution in [2.75, 3.05) is 4.90 Å². The second-order valence-corrected chi connectivity index (χ2v) is 7.66. The van der Waals surface area contributed by atoms with E-state index in [4.69, 9.17) is 16.3 Å². The number of rotatable bonds is 6. The molecule has 0 atom stereocenters. The summed E-state index contributed by atoms with van der Waals surface area (Å²) < 4.78 is 5.72. The van der Waals surface area contributed by atoms with Gasteiger partial charge in [-0.1, -0.05) is 41.9 Å². The van der Waals surface area contributed by atoms with E-state index in [0.717, 1.165) is 11.6 Å². The third kappa shape index (κ3) is 4.94. The molecule has 0 spiro atoms. The van der Waals surface area contributed by atoms with Gasteiger partial charge in [0.1, 0.15) is 17.9 Å². The van der Waals surface area contributed by atoms with Gasteiger partial charge in [-0.05, 0) is 47.5 Å². The topological polar surface area (TPSA) is 119 Å². The molecule has 0 saturated carbocycles. The van der Waals surface area contributed by atoms with E-state index in [1.54, 1.807) is 36.4 Å². The van der Waals surface area contributed by atoms with E-state index >= 15 is 0 Å². The van der Waals surface area contributed by atoms with Gasteiger partial charge in [-0.15, -0.1) is 0 Å². The van der Waals surface area contributed by atoms with Crippen LogP contribution in [0.15, 0.2) is 78.4 Å². The standard InChI is InChI=1S/C24H16ClN3O6/c25-17-8-4-16(5-9-17)14-34-20-10-6-15(7-11-20)12-21-22(29)26-24(31)27(23(21)30)18-2-1-3-19(13-18)28(32)33/h1-13H,14H2,(H,26,29,31)/b21-12+. The van der Waals surface area contributed by atoms with Crippen LogP contribution in [0.4, 0.5) is 16.2 Å². The number of ether oxygens (including phenoxy) is 1. The first-order valence-electron chi connectivity index (χ1n) is 9.95. The Kier molecular flexibility index (Phi) is 6.37. The molecule has 0 radical (unpaired) electrons. The van der Waals surface area contributed by atoms with E-state index in [-0.39, 0.29) is 16.9 Å². The average Bonchev–Trinajstić information content (AvgIpc) is 2.82. The summed E-state index contributed by atoms with van der Waals surface area (Å²) in [6.45, 7) is 0.332. The first-order chi connectivity index (χ1) is 16.3. The summed E-state index contributed by atoms with van der Waals surface area (Å²) in [4.78, 5) is 48.7. The monoisotopic (exact) mass is 477 g/mol. The highest BCUT2D eigenvalue weighted by molar-refractivity contribution is 6.39. The summed E-state index contributed by atoms with van der Waals surface area (Å²) in [7, 11) is 0. The summed E-state index contributed by atoms with van der Waals surface area (Å²) in [6, 6.07) is 17.9. The first-order valence-corrected chi connectivity index (χ1v) is 10.3. The van der Waals surface area contributed by atoms with Crippen LogP contribution >= 0.6 is 11.6 Å². The molecule has 1 N–H and O–H groups in total. The number of halogens is 1. The van der Waals surface area contributed by atoms with Gasteiger partial charge in [0, 0.05) is 17.2 Å². The number of barbiturate groups is 1. The molecule has 0 aromatic heterocycles. The molecule has 0 aliphatic carbocycles. The van der Waals surface area contributed by atoms with Crippen LogP contribution < -0.4 is 15.0 Å². The van der Waals surface area contributed by atoms with Crippen molar-refractivity contribution in [3.05, 3.63) is 105 Å². The second-order valence-electron chi connectivity index (χ2n) is 7.22. The maximum absolute atomic E-state index is 13.0. The molecule has 4 amide bonds. The van der Waals surface area contributed by atoms with Crippen molar-refractivity contribution in [2.24, 2.45) is 0 Å². The Morgan fingerprint density at radius 1 is 1.00 bits per heavy atom. The Bertz CT molecular complexity index is 1320. The molecule has 3 aromatic carbocycles. The summed E-state index contributed by atoms with van der Waals surface area (Å²) in [5.41, 5.74) is 0.841. The summed E-state index contributed by atoms with van der Waals surface area (Å²) in [5, 5.41) is 13.8. The number of benzene rings is 3. The fraction of sp³-hybridized carbons (Fsp3) is 0.0417. The minimum Gasteiger partial charge on any atom is -0.489 e. The van der Waals surface area contributed by atoms with Crippen molar-refractivity contribution >= 4 is 46.9 Å². The van der Waals surface area contributed by atoms with Gasteiger partial charge in [-0.2, -0.15) is 0 Å². The van der Waals surface area contributed by atoms with Crippen molar-refractivity contribution in [2.45, 2.75) is 6.61 Å². The summed E-state index contributed by atoms with van der Waals surface area (Å²) >= 11 is 5.87. The van der Waals surface area contributed by atoms with Crippen LogP contribution in [0.1, 0.15) is 11.1 Å². The van der Waals surface area contributed by atoms with Crippen LogP contribution in [0.25, 0.3) is 6.08 Å². The number of nitrogens with zero attached hydrogens (tertiary/aromatic N) is 2. The molecule has 9 nitrogen and oxygen atoms in total. The van der Waals surface area contributed by atoms with Gasteiger partial charge in [-0.25, -0.2) is 9.69 Å². The SMILES string of the molecule is O=C1NC(=O)N(c2cccc([N+](=O)[O-])c2)C(=O)/C1=C/c1ccc(OCc2ccc(Cl)cc2)cc1. The Hall–Kier alpha value is -4.50. The van der Waals surface area contributed by atoms with Crippen LogP contribution in [0.3, 0.4) is 0 Å². The molecule has 170 valence electrons. The molecular weight excluding hydrogens is 462 g/mol. The smallest absolute Gasteiger partial charge is 0.335 e. The Balaban J connectivity index is 1.53. The number of carbonyl (C=O) groups is 3. The van der Waals surface area contributed by atoms with Crippen molar-refractivity contribution in [1.29, 1.82) is 0 Å². The average molecular weight is 478 g/mol. The van der Waals surface area contributed by atoms with Gasteiger partial charge in [0.25, 0.3) is 17.5 Å². The van der Waals surface area contributed by atoms with E-state index in [1.807, 2.05) is 12.1 Å². The largest absolute Gasteiger partial charge is 0.489 e. The zero-order valence-electron chi connectivity index (χ0n) is 17.4. The van der Waals surface area contributed by atoms with Crippen molar-refractivity contribution in [3.8, 4) is 5.75 Å². The van der Waals surface area contributed by atoms with E-state index in [9.17, 15) is 24.5 Å². The lowest BCUT2D eigenvalue weighted by atomic mass is 10.1. The van der Waals surface area contributed by atoms with Gasteiger partial charge in [0.05, 0.1) is 10.6 Å². The molecule has 1 fully saturated rings. The number of nitro groups is 1. The first kappa shape index (κ1) is 22.7. The molecule has 1 aliphatic heterocycles. The maximum atomic E-state index is 13.0. The van der Waals surface area contributed by atoms with Crippen molar-refractivity contribution < 1.29 is 24.0 Å². The highest BCUT2D eigenvalue weighted by Gasteiger charge is 2.37. The van der Waals surface area contributed by atoms with Crippen molar-refractivity contribution in [3.63, 3.8) is 0 Å². The molecule has 1 aliphatic rings. The molecule has 10 heteroatoms. The molecule has 0 bridgehead atoms. The zero-order valence-corrected chi connectivity index (χ0v) is 18.2. The number of nitro benzene ring substituents is 1. The number of imide groups is 2. The number of nitrogens with one attached hydrogen (secondary N) is 1. The van der Waals surface area contributed by atoms with Gasteiger partial charge in [-0.3, -0.25) is 25.0 Å².